The molecule has 2 aromatic rings. The Morgan fingerprint density at radius 2 is 2.00 bits per heavy atom. The average molecular weight is 390 g/mol. The molecule has 0 spiro atoms. The summed E-state index contributed by atoms with van der Waals surface area (Å²) >= 11 is 0. The number of nitrogens with zero attached hydrogens (tertiary/aromatic N) is 1. The van der Waals surface area contributed by atoms with Crippen LogP contribution in [0.4, 0.5) is 22.4 Å². The number of halogens is 4. The molecule has 2 atom stereocenters. The number of carbonyl (C=O) groups excluding carboxylic acids is 1. The van der Waals surface area contributed by atoms with Crippen LogP contribution >= 0.6 is 0 Å². The number of aromatic nitrogens is 1. The number of pyridine rings is 1. The van der Waals surface area contributed by atoms with Gasteiger partial charge in [0.1, 0.15) is 11.9 Å². The normalized spacial score (nSPS) is 23.2. The van der Waals surface area contributed by atoms with Crippen LogP contribution in [-0.4, -0.2) is 17.0 Å². The number of alkyl halides is 2. The quantitative estimate of drug-likeness (QED) is 0.473. The first kappa shape index (κ1) is 18.3. The Labute approximate surface area is 157 Å². The number of nitrogens with one attached hydrogen (secondary N) is 1. The van der Waals surface area contributed by atoms with Crippen molar-refractivity contribution in [1.29, 1.82) is 0 Å². The molecule has 0 bridgehead atoms. The van der Waals surface area contributed by atoms with E-state index < -0.39 is 41.8 Å². The van der Waals surface area contributed by atoms with Crippen molar-refractivity contribution in [2.45, 2.75) is 30.9 Å². The SMILES string of the molecule is O=C1N[C@H](c2cc(C#CC3CC(F)(F)C3)cnc2F)[C@@H](c2cccc(F)c2)O1. The molecule has 2 fully saturated rings. The fourth-order valence-corrected chi connectivity index (χ4v) is 3.31. The minimum absolute atomic E-state index is 0.0193. The summed E-state index contributed by atoms with van der Waals surface area (Å²) in [6.07, 6.45) is -1.12. The largest absolute Gasteiger partial charge is 0.439 e. The van der Waals surface area contributed by atoms with Crippen LogP contribution in [0.25, 0.3) is 0 Å². The third-order valence-electron chi connectivity index (χ3n) is 4.70. The van der Waals surface area contributed by atoms with Crippen LogP contribution in [0.2, 0.25) is 0 Å². The van der Waals surface area contributed by atoms with E-state index in [1.807, 2.05) is 0 Å². The van der Waals surface area contributed by atoms with E-state index in [0.717, 1.165) is 0 Å². The van der Waals surface area contributed by atoms with E-state index >= 15 is 0 Å². The van der Waals surface area contributed by atoms with Gasteiger partial charge in [-0.2, -0.15) is 4.39 Å². The lowest BCUT2D eigenvalue weighted by Crippen LogP contribution is -2.34. The van der Waals surface area contributed by atoms with E-state index in [1.165, 1.54) is 30.5 Å². The number of hydrogen-bond acceptors (Lipinski definition) is 3. The van der Waals surface area contributed by atoms with Crippen LogP contribution in [0.5, 0.6) is 0 Å². The van der Waals surface area contributed by atoms with Gasteiger partial charge in [0.15, 0.2) is 6.10 Å². The maximum absolute atomic E-state index is 14.4. The molecule has 1 aromatic carbocycles. The van der Waals surface area contributed by atoms with Crippen LogP contribution in [0, 0.1) is 29.5 Å². The van der Waals surface area contributed by atoms with E-state index in [0.29, 0.717) is 11.1 Å². The molecule has 1 aromatic heterocycles. The summed E-state index contributed by atoms with van der Waals surface area (Å²) < 4.78 is 58.9. The second-order valence-corrected chi connectivity index (χ2v) is 6.84. The molecule has 1 amide bonds. The molecule has 0 radical (unpaired) electrons. The topological polar surface area (TPSA) is 51.2 Å². The van der Waals surface area contributed by atoms with Crippen molar-refractivity contribution in [2.24, 2.45) is 5.92 Å². The van der Waals surface area contributed by atoms with E-state index in [4.69, 9.17) is 4.74 Å². The van der Waals surface area contributed by atoms with E-state index in [1.54, 1.807) is 6.07 Å². The third-order valence-corrected chi connectivity index (χ3v) is 4.70. The highest BCUT2D eigenvalue weighted by molar-refractivity contribution is 5.71. The summed E-state index contributed by atoms with van der Waals surface area (Å²) in [5.74, 6) is 1.01. The number of carbonyl (C=O) groups is 1. The summed E-state index contributed by atoms with van der Waals surface area (Å²) in [5, 5.41) is 2.49. The molecule has 4 rings (SSSR count). The summed E-state index contributed by atoms with van der Waals surface area (Å²) in [6.45, 7) is 0. The van der Waals surface area contributed by atoms with Gasteiger partial charge < -0.3 is 10.1 Å². The molecule has 4 nitrogen and oxygen atoms in total. The first-order valence-corrected chi connectivity index (χ1v) is 8.58. The average Bonchev–Trinajstić information content (AvgIpc) is 3.01. The second kappa shape index (κ2) is 6.82. The van der Waals surface area contributed by atoms with Gasteiger partial charge in [-0.3, -0.25) is 0 Å². The Bertz CT molecular complexity index is 991. The highest BCUT2D eigenvalue weighted by Gasteiger charge is 2.44. The number of alkyl carbamates (subject to hydrolysis) is 1. The summed E-state index contributed by atoms with van der Waals surface area (Å²) in [7, 11) is 0. The highest BCUT2D eigenvalue weighted by atomic mass is 19.3. The van der Waals surface area contributed by atoms with Crippen LogP contribution in [0.1, 0.15) is 41.7 Å². The number of ether oxygens (including phenoxy) is 1. The van der Waals surface area contributed by atoms with Crippen molar-refractivity contribution in [3.8, 4) is 11.8 Å². The molecule has 0 unspecified atom stereocenters. The minimum atomic E-state index is -2.67. The molecule has 1 N–H and O–H groups in total. The minimum Gasteiger partial charge on any atom is -0.439 e. The van der Waals surface area contributed by atoms with Crippen molar-refractivity contribution >= 4 is 6.09 Å². The number of benzene rings is 1. The van der Waals surface area contributed by atoms with E-state index in [2.05, 4.69) is 22.1 Å². The monoisotopic (exact) mass is 390 g/mol. The molecule has 1 saturated heterocycles. The lowest BCUT2D eigenvalue weighted by atomic mass is 9.82. The number of hydrogen-bond donors (Lipinski definition) is 1. The zero-order chi connectivity index (χ0) is 19.9. The predicted molar refractivity (Wildman–Crippen MR) is 90.2 cm³/mol. The smallest absolute Gasteiger partial charge is 0.408 e. The maximum Gasteiger partial charge on any atom is 0.408 e. The van der Waals surface area contributed by atoms with Gasteiger partial charge in [-0.1, -0.05) is 24.0 Å². The van der Waals surface area contributed by atoms with Gasteiger partial charge in [0.05, 0.1) is 0 Å². The summed E-state index contributed by atoms with van der Waals surface area (Å²) in [4.78, 5) is 15.4. The predicted octanol–water partition coefficient (Wildman–Crippen LogP) is 4.28. The molecule has 1 aliphatic carbocycles. The maximum atomic E-state index is 14.4. The first-order chi connectivity index (χ1) is 13.3. The van der Waals surface area contributed by atoms with Crippen LogP contribution in [0.15, 0.2) is 36.5 Å². The van der Waals surface area contributed by atoms with Crippen molar-refractivity contribution in [3.05, 3.63) is 65.0 Å². The van der Waals surface area contributed by atoms with Crippen molar-refractivity contribution < 1.29 is 27.1 Å². The van der Waals surface area contributed by atoms with Crippen molar-refractivity contribution in [2.75, 3.05) is 0 Å². The second-order valence-electron chi connectivity index (χ2n) is 6.84. The fourth-order valence-electron chi connectivity index (χ4n) is 3.31. The lowest BCUT2D eigenvalue weighted by molar-refractivity contribution is -0.0936. The molecular formula is C20H14F4N2O2. The number of rotatable bonds is 2. The van der Waals surface area contributed by atoms with Gasteiger partial charge in [-0.25, -0.2) is 22.9 Å². The number of amides is 1. The Kier molecular flexibility index (Phi) is 4.46. The van der Waals surface area contributed by atoms with Gasteiger partial charge in [-0.15, -0.1) is 0 Å². The molecular weight excluding hydrogens is 376 g/mol. The van der Waals surface area contributed by atoms with Crippen molar-refractivity contribution in [1.82, 2.24) is 10.3 Å². The molecule has 1 aliphatic heterocycles. The molecule has 2 heterocycles. The highest BCUT2D eigenvalue weighted by Crippen LogP contribution is 2.42. The zero-order valence-corrected chi connectivity index (χ0v) is 14.4. The Balaban J connectivity index is 1.62. The Hall–Kier alpha value is -3.08. The molecule has 144 valence electrons. The van der Waals surface area contributed by atoms with Gasteiger partial charge in [0, 0.05) is 36.1 Å². The van der Waals surface area contributed by atoms with E-state index in [9.17, 15) is 22.4 Å². The molecule has 2 aliphatic rings. The lowest BCUT2D eigenvalue weighted by Gasteiger charge is -2.31. The van der Waals surface area contributed by atoms with Gasteiger partial charge in [0.25, 0.3) is 5.92 Å². The van der Waals surface area contributed by atoms with Crippen molar-refractivity contribution in [3.63, 3.8) is 0 Å². The van der Waals surface area contributed by atoms with Crippen LogP contribution in [0.3, 0.4) is 0 Å². The summed E-state index contributed by atoms with van der Waals surface area (Å²) in [6, 6.07) is 5.91. The Morgan fingerprint density at radius 1 is 1.21 bits per heavy atom. The molecule has 8 heteroatoms. The third kappa shape index (κ3) is 3.65. The van der Waals surface area contributed by atoms with Gasteiger partial charge >= 0.3 is 6.09 Å². The fraction of sp³-hybridized carbons (Fsp3) is 0.300. The van der Waals surface area contributed by atoms with Crippen LogP contribution < -0.4 is 5.32 Å². The van der Waals surface area contributed by atoms with Crippen LogP contribution in [-0.2, 0) is 4.74 Å². The summed E-state index contributed by atoms with van der Waals surface area (Å²) in [5.41, 5.74) is 0.701. The van der Waals surface area contributed by atoms with E-state index in [-0.39, 0.29) is 18.4 Å². The zero-order valence-electron chi connectivity index (χ0n) is 14.4. The van der Waals surface area contributed by atoms with Gasteiger partial charge in [0.2, 0.25) is 5.95 Å². The first-order valence-electron chi connectivity index (χ1n) is 8.58. The number of cyclic esters (lactones) is 1. The Morgan fingerprint density at radius 3 is 2.71 bits per heavy atom. The molecule has 1 saturated carbocycles. The van der Waals surface area contributed by atoms with Gasteiger partial charge in [-0.05, 0) is 23.8 Å². The molecule has 28 heavy (non-hydrogen) atoms. The standard InChI is InChI=1S/C20H14F4N2O2/c21-14-3-1-2-13(7-14)17-16(26-19(27)28-17)15-6-11(10-25-18(15)22)4-5-12-8-20(23,24)9-12/h1-3,6-7,10,12,16-17H,8-9H2,(H,26,27)/t16-,17-/m1/s1.